The number of ether oxygens (including phenoxy) is 2. The van der Waals surface area contributed by atoms with Crippen molar-refractivity contribution < 1.29 is 18.7 Å². The highest BCUT2D eigenvalue weighted by Gasteiger charge is 2.07. The quantitative estimate of drug-likeness (QED) is 0.626. The first-order valence-electron chi connectivity index (χ1n) is 9.78. The molecule has 3 aromatic rings. The van der Waals surface area contributed by atoms with E-state index in [0.29, 0.717) is 24.7 Å². The lowest BCUT2D eigenvalue weighted by Gasteiger charge is -2.15. The van der Waals surface area contributed by atoms with Gasteiger partial charge in [0.1, 0.15) is 18.2 Å². The molecule has 2 heterocycles. The third-order valence-corrected chi connectivity index (χ3v) is 5.01. The van der Waals surface area contributed by atoms with Gasteiger partial charge in [0.25, 0.3) is 5.56 Å². The SMILES string of the molecule is Cn1c(=O)ccc2cc(COc3cc(F)cc(ONC=C4CCOCC4)c3)ccc21. The van der Waals surface area contributed by atoms with Crippen molar-refractivity contribution in [1.29, 1.82) is 0 Å². The van der Waals surface area contributed by atoms with Crippen molar-refractivity contribution in [2.45, 2.75) is 19.4 Å². The van der Waals surface area contributed by atoms with Gasteiger partial charge in [-0.3, -0.25) is 4.79 Å². The average molecular weight is 410 g/mol. The van der Waals surface area contributed by atoms with Crippen molar-refractivity contribution in [2.75, 3.05) is 13.2 Å². The second-order valence-corrected chi connectivity index (χ2v) is 7.17. The molecule has 0 bridgehead atoms. The minimum Gasteiger partial charge on any atom is -0.489 e. The fourth-order valence-corrected chi connectivity index (χ4v) is 3.33. The minimum absolute atomic E-state index is 0.0557. The van der Waals surface area contributed by atoms with Crippen LogP contribution in [0.3, 0.4) is 0 Å². The van der Waals surface area contributed by atoms with Crippen molar-refractivity contribution in [3.05, 3.63) is 82.0 Å². The van der Waals surface area contributed by atoms with E-state index in [9.17, 15) is 9.18 Å². The molecule has 1 aromatic heterocycles. The van der Waals surface area contributed by atoms with E-state index >= 15 is 0 Å². The zero-order valence-corrected chi connectivity index (χ0v) is 16.7. The van der Waals surface area contributed by atoms with E-state index in [1.807, 2.05) is 18.2 Å². The summed E-state index contributed by atoms with van der Waals surface area (Å²) < 4.78 is 26.6. The van der Waals surface area contributed by atoms with E-state index in [1.165, 1.54) is 23.8 Å². The molecule has 0 unspecified atom stereocenters. The molecule has 1 N–H and O–H groups in total. The van der Waals surface area contributed by atoms with Crippen LogP contribution in [0, 0.1) is 5.82 Å². The maximum atomic E-state index is 14.0. The highest BCUT2D eigenvalue weighted by molar-refractivity contribution is 5.79. The largest absolute Gasteiger partial charge is 0.489 e. The van der Waals surface area contributed by atoms with Crippen LogP contribution in [0.25, 0.3) is 10.9 Å². The molecule has 4 rings (SSSR count). The molecule has 0 atom stereocenters. The monoisotopic (exact) mass is 410 g/mol. The first-order valence-corrected chi connectivity index (χ1v) is 9.78. The Labute approximate surface area is 173 Å². The van der Waals surface area contributed by atoms with Crippen molar-refractivity contribution in [3.8, 4) is 11.5 Å². The van der Waals surface area contributed by atoms with Crippen molar-refractivity contribution in [2.24, 2.45) is 7.05 Å². The predicted molar refractivity (Wildman–Crippen MR) is 112 cm³/mol. The number of fused-ring (bicyclic) bond motifs is 1. The molecule has 30 heavy (non-hydrogen) atoms. The van der Waals surface area contributed by atoms with Crippen LogP contribution >= 0.6 is 0 Å². The number of hydrogen-bond acceptors (Lipinski definition) is 5. The minimum atomic E-state index is -0.448. The van der Waals surface area contributed by atoms with E-state index in [-0.39, 0.29) is 12.2 Å². The van der Waals surface area contributed by atoms with E-state index in [0.717, 1.165) is 29.3 Å². The van der Waals surface area contributed by atoms with Gasteiger partial charge in [-0.2, -0.15) is 0 Å². The Morgan fingerprint density at radius 3 is 2.73 bits per heavy atom. The van der Waals surface area contributed by atoms with Gasteiger partial charge in [-0.25, -0.2) is 9.87 Å². The van der Waals surface area contributed by atoms with Crippen LogP contribution in [0.15, 0.2) is 65.1 Å². The number of nitrogens with zero attached hydrogens (tertiary/aromatic N) is 1. The number of hydrogen-bond donors (Lipinski definition) is 1. The summed E-state index contributed by atoms with van der Waals surface area (Å²) in [5.74, 6) is 0.241. The Kier molecular flexibility index (Phi) is 5.99. The number of halogens is 1. The molecule has 0 radical (unpaired) electrons. The maximum absolute atomic E-state index is 14.0. The fraction of sp³-hybridized carbons (Fsp3) is 0.261. The van der Waals surface area contributed by atoms with Gasteiger partial charge in [0.2, 0.25) is 0 Å². The zero-order chi connectivity index (χ0) is 20.9. The molecule has 6 nitrogen and oxygen atoms in total. The lowest BCUT2D eigenvalue weighted by atomic mass is 10.1. The molecule has 0 aliphatic carbocycles. The fourth-order valence-electron chi connectivity index (χ4n) is 3.33. The summed E-state index contributed by atoms with van der Waals surface area (Å²) >= 11 is 0. The molecule has 0 spiro atoms. The van der Waals surface area contributed by atoms with Crippen molar-refractivity contribution in [1.82, 2.24) is 10.0 Å². The number of nitrogens with one attached hydrogen (secondary N) is 1. The van der Waals surface area contributed by atoms with Crippen LogP contribution in [0.5, 0.6) is 11.5 Å². The number of aryl methyl sites for hydroxylation is 1. The Morgan fingerprint density at radius 2 is 1.90 bits per heavy atom. The van der Waals surface area contributed by atoms with Gasteiger partial charge in [0.15, 0.2) is 5.75 Å². The second kappa shape index (κ2) is 9.00. The van der Waals surface area contributed by atoms with Gasteiger partial charge in [-0.15, -0.1) is 0 Å². The number of aromatic nitrogens is 1. The Bertz CT molecular complexity index is 1130. The number of hydroxylamine groups is 1. The average Bonchev–Trinajstić information content (AvgIpc) is 2.75. The molecule has 0 saturated carbocycles. The molecule has 1 aliphatic rings. The third kappa shape index (κ3) is 4.80. The highest BCUT2D eigenvalue weighted by Crippen LogP contribution is 2.23. The smallest absolute Gasteiger partial charge is 0.250 e. The summed E-state index contributed by atoms with van der Waals surface area (Å²) in [6.07, 6.45) is 3.50. The number of benzene rings is 2. The van der Waals surface area contributed by atoms with Crippen LogP contribution in [0.4, 0.5) is 4.39 Å². The molecule has 1 fully saturated rings. The predicted octanol–water partition coefficient (Wildman–Crippen LogP) is 3.83. The summed E-state index contributed by atoms with van der Waals surface area (Å²) in [6, 6.07) is 13.3. The summed E-state index contributed by atoms with van der Waals surface area (Å²) in [5, 5.41) is 0.937. The van der Waals surface area contributed by atoms with Crippen LogP contribution in [-0.2, 0) is 18.4 Å². The van der Waals surface area contributed by atoms with Gasteiger partial charge in [0.05, 0.1) is 18.7 Å². The summed E-state index contributed by atoms with van der Waals surface area (Å²) in [5.41, 5.74) is 5.66. The Balaban J connectivity index is 1.41. The van der Waals surface area contributed by atoms with E-state index in [1.54, 1.807) is 29.9 Å². The lowest BCUT2D eigenvalue weighted by Crippen LogP contribution is -2.15. The lowest BCUT2D eigenvalue weighted by molar-refractivity contribution is 0.117. The van der Waals surface area contributed by atoms with Gasteiger partial charge < -0.3 is 18.9 Å². The Morgan fingerprint density at radius 1 is 1.10 bits per heavy atom. The maximum Gasteiger partial charge on any atom is 0.250 e. The van der Waals surface area contributed by atoms with E-state index < -0.39 is 5.82 Å². The molecular weight excluding hydrogens is 387 g/mol. The summed E-state index contributed by atoms with van der Waals surface area (Å²) in [6.45, 7) is 1.67. The molecule has 7 heteroatoms. The molecule has 0 amide bonds. The van der Waals surface area contributed by atoms with Crippen LogP contribution in [0.1, 0.15) is 18.4 Å². The van der Waals surface area contributed by atoms with E-state index in [4.69, 9.17) is 14.3 Å². The molecular formula is C23H23FN2O4. The van der Waals surface area contributed by atoms with Crippen LogP contribution < -0.4 is 20.6 Å². The van der Waals surface area contributed by atoms with Crippen LogP contribution in [-0.4, -0.2) is 17.8 Å². The molecule has 2 aromatic carbocycles. The highest BCUT2D eigenvalue weighted by atomic mass is 19.1. The van der Waals surface area contributed by atoms with Crippen molar-refractivity contribution in [3.63, 3.8) is 0 Å². The number of pyridine rings is 1. The summed E-state index contributed by atoms with van der Waals surface area (Å²) in [7, 11) is 1.74. The molecule has 1 aliphatic heterocycles. The standard InChI is InChI=1S/C23H23FN2O4/c1-26-22-4-2-17(10-18(22)3-5-23(26)27)15-29-20-11-19(24)12-21(13-20)30-25-14-16-6-8-28-9-7-16/h2-5,10-14,25H,6-9,15H2,1H3. The number of rotatable bonds is 6. The van der Waals surface area contributed by atoms with Crippen molar-refractivity contribution >= 4 is 10.9 Å². The Hall–Kier alpha value is -3.32. The molecule has 1 saturated heterocycles. The van der Waals surface area contributed by atoms with Crippen LogP contribution in [0.2, 0.25) is 0 Å². The summed E-state index contributed by atoms with van der Waals surface area (Å²) in [4.78, 5) is 17.2. The second-order valence-electron chi connectivity index (χ2n) is 7.17. The normalized spacial score (nSPS) is 13.9. The van der Waals surface area contributed by atoms with Gasteiger partial charge in [-0.05, 0) is 47.6 Å². The first kappa shape index (κ1) is 20.0. The first-order chi connectivity index (χ1) is 14.6. The molecule has 156 valence electrons. The zero-order valence-electron chi connectivity index (χ0n) is 16.7. The van der Waals surface area contributed by atoms with Gasteiger partial charge >= 0.3 is 0 Å². The van der Waals surface area contributed by atoms with E-state index in [2.05, 4.69) is 5.48 Å². The van der Waals surface area contributed by atoms with Gasteiger partial charge in [0, 0.05) is 37.5 Å². The van der Waals surface area contributed by atoms with Gasteiger partial charge in [-0.1, -0.05) is 6.07 Å². The topological polar surface area (TPSA) is 61.7 Å². The third-order valence-electron chi connectivity index (χ3n) is 5.01.